The van der Waals surface area contributed by atoms with Crippen LogP contribution in [0.25, 0.3) is 0 Å². The number of amides is 1. The van der Waals surface area contributed by atoms with E-state index in [4.69, 9.17) is 11.6 Å². The number of likely N-dealkylation sites (tertiary alicyclic amines) is 1. The zero-order chi connectivity index (χ0) is 25.9. The zero-order valence-corrected chi connectivity index (χ0v) is 18.3. The van der Waals surface area contributed by atoms with Gasteiger partial charge in [0.15, 0.2) is 0 Å². The minimum atomic E-state index is -4.75. The predicted octanol–water partition coefficient (Wildman–Crippen LogP) is 3.69. The number of aromatic nitrogens is 4. The van der Waals surface area contributed by atoms with E-state index >= 15 is 0 Å². The number of carbonyl (C=O) groups excluding carboxylic acids is 1. The van der Waals surface area contributed by atoms with Gasteiger partial charge in [-0.2, -0.15) is 31.4 Å². The highest BCUT2D eigenvalue weighted by molar-refractivity contribution is 6.31. The molecule has 0 spiro atoms. The molecule has 7 nitrogen and oxygen atoms in total. The van der Waals surface area contributed by atoms with Gasteiger partial charge in [-0.05, 0) is 12.5 Å². The molecule has 2 aromatic heterocycles. The molecule has 0 saturated carbocycles. The molecule has 2 atom stereocenters. The lowest BCUT2D eigenvalue weighted by atomic mass is 9.91. The molecule has 0 aliphatic carbocycles. The van der Waals surface area contributed by atoms with Gasteiger partial charge in [-0.25, -0.2) is 18.3 Å². The number of hydrogen-bond donors (Lipinski definition) is 0. The van der Waals surface area contributed by atoms with Crippen molar-refractivity contribution in [1.82, 2.24) is 24.2 Å². The molecule has 35 heavy (non-hydrogen) atoms. The molecule has 0 N–H and O–H groups in total. The van der Waals surface area contributed by atoms with E-state index < -0.39 is 90.6 Å². The molecule has 2 aliphatic heterocycles. The first-order chi connectivity index (χ1) is 16.1. The smallest absolute Gasteiger partial charge is 0.335 e. The number of rotatable bonds is 3. The van der Waals surface area contributed by atoms with Crippen LogP contribution < -0.4 is 5.69 Å². The monoisotopic (exact) mass is 533 g/mol. The van der Waals surface area contributed by atoms with Crippen LogP contribution in [0.4, 0.5) is 35.1 Å². The Kier molecular flexibility index (Phi) is 6.13. The number of nitrogens with zero attached hydrogens (tertiary/aromatic N) is 5. The van der Waals surface area contributed by atoms with Crippen LogP contribution in [0.3, 0.4) is 0 Å². The van der Waals surface area contributed by atoms with Crippen LogP contribution in [0.5, 0.6) is 0 Å². The molecule has 1 fully saturated rings. The summed E-state index contributed by atoms with van der Waals surface area (Å²) in [5, 5.41) is 3.38. The summed E-state index contributed by atoms with van der Waals surface area (Å²) >= 11 is 5.85. The summed E-state index contributed by atoms with van der Waals surface area (Å²) in [5.74, 6) is -6.73. The quantitative estimate of drug-likeness (QED) is 0.564. The Morgan fingerprint density at radius 3 is 2.43 bits per heavy atom. The van der Waals surface area contributed by atoms with Crippen LogP contribution in [0.1, 0.15) is 36.0 Å². The maximum Gasteiger partial charge on any atom is 0.417 e. The van der Waals surface area contributed by atoms with Crippen molar-refractivity contribution in [2.24, 2.45) is 5.92 Å². The molecule has 0 bridgehead atoms. The minimum absolute atomic E-state index is 0.216. The molecular formula is C19H16ClF8N5O2. The molecule has 192 valence electrons. The number of pyridine rings is 1. The summed E-state index contributed by atoms with van der Waals surface area (Å²) in [6.07, 6.45) is -11.3. The molecule has 1 saturated heterocycles. The Hall–Kier alpha value is -2.71. The third-order valence-corrected chi connectivity index (χ3v) is 6.29. The summed E-state index contributed by atoms with van der Waals surface area (Å²) in [6, 6.07) is -1.15. The summed E-state index contributed by atoms with van der Waals surface area (Å²) in [6.45, 7) is -1.96. The predicted molar refractivity (Wildman–Crippen MR) is 103 cm³/mol. The van der Waals surface area contributed by atoms with Gasteiger partial charge in [-0.3, -0.25) is 14.3 Å². The zero-order valence-electron chi connectivity index (χ0n) is 17.5. The summed E-state index contributed by atoms with van der Waals surface area (Å²) in [7, 11) is 0. The first kappa shape index (κ1) is 25.4. The van der Waals surface area contributed by atoms with E-state index in [1.54, 1.807) is 0 Å². The van der Waals surface area contributed by atoms with Gasteiger partial charge in [0.2, 0.25) is 5.91 Å². The number of fused-ring (bicyclic) bond motifs is 1. The van der Waals surface area contributed by atoms with Gasteiger partial charge in [-0.15, -0.1) is 0 Å². The molecule has 0 radical (unpaired) electrons. The van der Waals surface area contributed by atoms with Gasteiger partial charge in [0.25, 0.3) is 5.92 Å². The summed E-state index contributed by atoms with van der Waals surface area (Å²) < 4.78 is 108. The van der Waals surface area contributed by atoms with Crippen molar-refractivity contribution in [2.45, 2.75) is 50.1 Å². The maximum absolute atomic E-state index is 13.6. The van der Waals surface area contributed by atoms with Crippen molar-refractivity contribution in [3.8, 4) is 0 Å². The van der Waals surface area contributed by atoms with Crippen LogP contribution in [0.15, 0.2) is 17.1 Å². The number of halogens is 9. The van der Waals surface area contributed by atoms with Gasteiger partial charge < -0.3 is 4.90 Å². The van der Waals surface area contributed by atoms with Crippen molar-refractivity contribution in [3.05, 3.63) is 44.9 Å². The molecule has 4 heterocycles. The second-order valence-corrected chi connectivity index (χ2v) is 8.84. The van der Waals surface area contributed by atoms with E-state index in [0.717, 1.165) is 4.57 Å². The standard InChI is InChI=1S/C19H16ClF8N5O2/c20-11-3-10(19(26,27)28)6-29-12(11)7-32-16(35)33-13(15(34)31-2-1-17(21,22)8-31)4-9(18(23,24)25)5-14(33)30-32/h3,6,9,13H,1-2,4-5,7-8H2. The molecule has 4 rings (SSSR count). The molecule has 1 amide bonds. The van der Waals surface area contributed by atoms with Gasteiger partial charge in [0, 0.05) is 25.6 Å². The summed E-state index contributed by atoms with van der Waals surface area (Å²) in [5.41, 5.74) is -2.40. The van der Waals surface area contributed by atoms with Crippen molar-refractivity contribution in [3.63, 3.8) is 0 Å². The fourth-order valence-corrected chi connectivity index (χ4v) is 4.40. The Morgan fingerprint density at radius 1 is 1.20 bits per heavy atom. The minimum Gasteiger partial charge on any atom is -0.335 e. The van der Waals surface area contributed by atoms with E-state index in [9.17, 15) is 44.7 Å². The number of alkyl halides is 8. The van der Waals surface area contributed by atoms with E-state index in [1.807, 2.05) is 0 Å². The Labute approximate surface area is 196 Å². The average Bonchev–Trinajstić information content (AvgIpc) is 3.26. The average molecular weight is 534 g/mol. The lowest BCUT2D eigenvalue weighted by molar-refractivity contribution is -0.183. The molecule has 2 aliphatic rings. The first-order valence-corrected chi connectivity index (χ1v) is 10.6. The van der Waals surface area contributed by atoms with Crippen LogP contribution in [0, 0.1) is 5.92 Å². The SMILES string of the molecule is O=C(C1CC(C(F)(F)F)Cc2nn(Cc3ncc(C(F)(F)F)cc3Cl)c(=O)n21)N1CCC(F)(F)C1. The summed E-state index contributed by atoms with van der Waals surface area (Å²) in [4.78, 5) is 30.2. The normalized spacial score (nSPS) is 22.4. The molecule has 16 heteroatoms. The largest absolute Gasteiger partial charge is 0.417 e. The molecule has 0 aromatic carbocycles. The fourth-order valence-electron chi connectivity index (χ4n) is 4.17. The Bertz CT molecular complexity index is 1210. The highest BCUT2D eigenvalue weighted by atomic mass is 35.5. The highest BCUT2D eigenvalue weighted by Crippen LogP contribution is 2.40. The molecule has 2 unspecified atom stereocenters. The van der Waals surface area contributed by atoms with Crippen molar-refractivity contribution >= 4 is 17.5 Å². The van der Waals surface area contributed by atoms with Gasteiger partial charge >= 0.3 is 18.0 Å². The maximum atomic E-state index is 13.6. The third kappa shape index (κ3) is 5.00. The van der Waals surface area contributed by atoms with Gasteiger partial charge in [0.05, 0.1) is 35.3 Å². The van der Waals surface area contributed by atoms with E-state index in [2.05, 4.69) is 10.1 Å². The molecular weight excluding hydrogens is 518 g/mol. The number of carbonyl (C=O) groups is 1. The lowest BCUT2D eigenvalue weighted by Gasteiger charge is -2.32. The van der Waals surface area contributed by atoms with E-state index in [1.165, 1.54) is 0 Å². The van der Waals surface area contributed by atoms with Gasteiger partial charge in [-0.1, -0.05) is 11.6 Å². The highest BCUT2D eigenvalue weighted by Gasteiger charge is 2.50. The van der Waals surface area contributed by atoms with Crippen molar-refractivity contribution in [2.75, 3.05) is 13.1 Å². The fraction of sp³-hybridized carbons (Fsp3) is 0.579. The van der Waals surface area contributed by atoms with Crippen LogP contribution in [-0.4, -0.2) is 55.3 Å². The van der Waals surface area contributed by atoms with E-state index in [0.29, 0.717) is 21.8 Å². The van der Waals surface area contributed by atoms with Crippen LogP contribution in [-0.2, 0) is 23.9 Å². The lowest BCUT2D eigenvalue weighted by Crippen LogP contribution is -2.46. The third-order valence-electron chi connectivity index (χ3n) is 5.96. The molecule has 2 aromatic rings. The Morgan fingerprint density at radius 2 is 1.89 bits per heavy atom. The van der Waals surface area contributed by atoms with Crippen LogP contribution >= 0.6 is 11.6 Å². The second kappa shape index (κ2) is 8.45. The first-order valence-electron chi connectivity index (χ1n) is 10.2. The van der Waals surface area contributed by atoms with Gasteiger partial charge in [0.1, 0.15) is 11.9 Å². The topological polar surface area (TPSA) is 73.0 Å². The van der Waals surface area contributed by atoms with Crippen molar-refractivity contribution < 1.29 is 39.9 Å². The second-order valence-electron chi connectivity index (χ2n) is 8.44. The van der Waals surface area contributed by atoms with Crippen molar-refractivity contribution in [1.29, 1.82) is 0 Å². The van der Waals surface area contributed by atoms with E-state index in [-0.39, 0.29) is 12.2 Å². The Balaban J connectivity index is 1.69. The van der Waals surface area contributed by atoms with Crippen LogP contribution in [0.2, 0.25) is 5.02 Å². The number of hydrogen-bond acceptors (Lipinski definition) is 4.